The fourth-order valence-corrected chi connectivity index (χ4v) is 2.13. The van der Waals surface area contributed by atoms with Gasteiger partial charge in [-0.1, -0.05) is 0 Å². The van der Waals surface area contributed by atoms with E-state index in [-0.39, 0.29) is 5.91 Å². The van der Waals surface area contributed by atoms with Gasteiger partial charge in [0, 0.05) is 23.3 Å². The number of anilines is 1. The Morgan fingerprint density at radius 3 is 2.18 bits per heavy atom. The van der Waals surface area contributed by atoms with Gasteiger partial charge in [-0.05, 0) is 50.2 Å². The highest BCUT2D eigenvalue weighted by Gasteiger charge is 2.38. The molecule has 0 aliphatic rings. The van der Waals surface area contributed by atoms with E-state index in [1.807, 2.05) is 42.7 Å². The molecule has 1 aromatic carbocycles. The van der Waals surface area contributed by atoms with Crippen molar-refractivity contribution >= 4 is 17.6 Å². The lowest BCUT2D eigenvalue weighted by atomic mass is 10.2. The molecule has 0 saturated heterocycles. The zero-order valence-corrected chi connectivity index (χ0v) is 14.9. The quantitative estimate of drug-likeness (QED) is 0.631. The first-order chi connectivity index (χ1) is 13.1. The number of nitrogens with one attached hydrogen (secondary N) is 2. The number of imidazole rings is 1. The minimum atomic E-state index is -5.08. The molecule has 148 valence electrons. The number of rotatable bonds is 3. The van der Waals surface area contributed by atoms with E-state index < -0.39 is 12.1 Å². The second kappa shape index (κ2) is 8.42. The number of aryl methyl sites for hydroxylation is 1. The summed E-state index contributed by atoms with van der Waals surface area (Å²) in [6.45, 7) is 4.01. The zero-order valence-electron chi connectivity index (χ0n) is 14.9. The third-order valence-corrected chi connectivity index (χ3v) is 3.74. The number of aromatic nitrogens is 3. The van der Waals surface area contributed by atoms with Crippen molar-refractivity contribution in [3.05, 3.63) is 66.0 Å². The van der Waals surface area contributed by atoms with Crippen LogP contribution < -0.4 is 5.32 Å². The summed E-state index contributed by atoms with van der Waals surface area (Å²) in [6.07, 6.45) is -1.56. The Balaban J connectivity index is 0.000000345. The molecule has 10 heteroatoms. The molecular weight excluding hydrogens is 377 g/mol. The van der Waals surface area contributed by atoms with Crippen molar-refractivity contribution in [3.63, 3.8) is 0 Å². The largest absolute Gasteiger partial charge is 0.490 e. The van der Waals surface area contributed by atoms with E-state index >= 15 is 0 Å². The van der Waals surface area contributed by atoms with Crippen LogP contribution in [0.25, 0.3) is 5.69 Å². The van der Waals surface area contributed by atoms with Crippen LogP contribution in [0.2, 0.25) is 0 Å². The molecular formula is C18H17F3N4O3. The number of aromatic amines is 1. The molecule has 3 N–H and O–H groups in total. The number of hydrogen-bond donors (Lipinski definition) is 3. The van der Waals surface area contributed by atoms with Crippen LogP contribution in [0.4, 0.5) is 18.9 Å². The van der Waals surface area contributed by atoms with E-state index in [9.17, 15) is 18.0 Å². The van der Waals surface area contributed by atoms with Crippen molar-refractivity contribution in [3.8, 4) is 5.69 Å². The van der Waals surface area contributed by atoms with E-state index in [4.69, 9.17) is 9.90 Å². The number of carbonyl (C=O) groups excluding carboxylic acids is 1. The van der Waals surface area contributed by atoms with Crippen molar-refractivity contribution < 1.29 is 27.9 Å². The molecule has 1 amide bonds. The third-order valence-electron chi connectivity index (χ3n) is 3.74. The average Bonchev–Trinajstić information content (AvgIpc) is 3.27. The van der Waals surface area contributed by atoms with Gasteiger partial charge in [-0.2, -0.15) is 13.2 Å². The maximum atomic E-state index is 11.9. The van der Waals surface area contributed by atoms with Crippen molar-refractivity contribution in [2.24, 2.45) is 0 Å². The topological polar surface area (TPSA) is 100 Å². The Kier molecular flexibility index (Phi) is 6.24. The van der Waals surface area contributed by atoms with Crippen LogP contribution in [0.15, 0.2) is 48.9 Å². The summed E-state index contributed by atoms with van der Waals surface area (Å²) < 4.78 is 33.8. The van der Waals surface area contributed by atoms with Crippen molar-refractivity contribution in [1.29, 1.82) is 0 Å². The van der Waals surface area contributed by atoms with Gasteiger partial charge in [0.1, 0.15) is 5.69 Å². The van der Waals surface area contributed by atoms with Crippen LogP contribution in [0.5, 0.6) is 0 Å². The third kappa shape index (κ3) is 5.22. The molecule has 28 heavy (non-hydrogen) atoms. The van der Waals surface area contributed by atoms with Crippen LogP contribution in [-0.2, 0) is 4.79 Å². The van der Waals surface area contributed by atoms with Crippen molar-refractivity contribution in [2.45, 2.75) is 20.0 Å². The number of nitrogens with zero attached hydrogens (tertiary/aromatic N) is 2. The van der Waals surface area contributed by atoms with Gasteiger partial charge in [0.15, 0.2) is 0 Å². The first kappa shape index (κ1) is 20.7. The van der Waals surface area contributed by atoms with Gasteiger partial charge in [0.25, 0.3) is 5.91 Å². The lowest BCUT2D eigenvalue weighted by molar-refractivity contribution is -0.192. The maximum Gasteiger partial charge on any atom is 0.490 e. The highest BCUT2D eigenvalue weighted by Crippen LogP contribution is 2.17. The van der Waals surface area contributed by atoms with Gasteiger partial charge in [0.05, 0.1) is 12.0 Å². The molecule has 2 heterocycles. The summed E-state index contributed by atoms with van der Waals surface area (Å²) >= 11 is 0. The van der Waals surface area contributed by atoms with E-state index in [0.717, 1.165) is 22.8 Å². The highest BCUT2D eigenvalue weighted by atomic mass is 19.4. The van der Waals surface area contributed by atoms with Crippen molar-refractivity contribution in [2.75, 3.05) is 5.32 Å². The maximum absolute atomic E-state index is 11.9. The molecule has 0 fully saturated rings. The predicted molar refractivity (Wildman–Crippen MR) is 95.5 cm³/mol. The molecule has 3 aromatic rings. The molecule has 0 atom stereocenters. The minimum Gasteiger partial charge on any atom is -0.475 e. The summed E-state index contributed by atoms with van der Waals surface area (Å²) in [5, 5.41) is 9.97. The van der Waals surface area contributed by atoms with Gasteiger partial charge >= 0.3 is 12.1 Å². The van der Waals surface area contributed by atoms with Gasteiger partial charge in [0.2, 0.25) is 0 Å². The number of carboxylic acids is 1. The van der Waals surface area contributed by atoms with E-state index in [2.05, 4.69) is 15.3 Å². The monoisotopic (exact) mass is 394 g/mol. The van der Waals surface area contributed by atoms with Crippen molar-refractivity contribution in [1.82, 2.24) is 14.5 Å². The van der Waals surface area contributed by atoms with Crippen LogP contribution >= 0.6 is 0 Å². The van der Waals surface area contributed by atoms with E-state index in [0.29, 0.717) is 5.69 Å². The summed E-state index contributed by atoms with van der Waals surface area (Å²) in [4.78, 5) is 28.0. The smallest absolute Gasteiger partial charge is 0.475 e. The Labute approximate surface area is 157 Å². The predicted octanol–water partition coefficient (Wildman–Crippen LogP) is 3.70. The Morgan fingerprint density at radius 1 is 1.14 bits per heavy atom. The number of halogens is 3. The average molecular weight is 394 g/mol. The fraction of sp³-hybridized carbons (Fsp3) is 0.167. The second-order valence-corrected chi connectivity index (χ2v) is 5.67. The molecule has 0 unspecified atom stereocenters. The molecule has 0 spiro atoms. The van der Waals surface area contributed by atoms with E-state index in [1.165, 1.54) is 0 Å². The first-order valence-electron chi connectivity index (χ1n) is 7.95. The minimum absolute atomic E-state index is 0.151. The van der Waals surface area contributed by atoms with Gasteiger partial charge in [-0.3, -0.25) is 4.79 Å². The second-order valence-electron chi connectivity index (χ2n) is 5.67. The molecule has 0 aliphatic heterocycles. The molecule has 7 nitrogen and oxygen atoms in total. The lowest BCUT2D eigenvalue weighted by Gasteiger charge is -2.08. The van der Waals surface area contributed by atoms with Gasteiger partial charge < -0.3 is 20.0 Å². The normalized spacial score (nSPS) is 10.8. The number of carboxylic acid groups (broad SMARTS) is 1. The number of H-pyrrole nitrogens is 1. The van der Waals surface area contributed by atoms with E-state index in [1.54, 1.807) is 24.7 Å². The standard InChI is InChI=1S/C16H16N4O.C2HF3O2/c1-11-12(2)20(10-18-11)14-7-5-13(6-8-14)19-16(21)15-4-3-9-17-15;3-2(4,5)1(6)7/h3-10,17H,1-2H3,(H,19,21);(H,6,7). The first-order valence-corrected chi connectivity index (χ1v) is 7.95. The Morgan fingerprint density at radius 2 is 1.75 bits per heavy atom. The Hall–Kier alpha value is -3.56. The molecule has 3 rings (SSSR count). The SMILES string of the molecule is Cc1ncn(-c2ccc(NC(=O)c3ccc[nH]3)cc2)c1C.O=C(O)C(F)(F)F. The molecule has 0 aliphatic carbocycles. The number of benzene rings is 1. The van der Waals surface area contributed by atoms with Crippen LogP contribution in [-0.4, -0.2) is 37.7 Å². The fourth-order valence-electron chi connectivity index (χ4n) is 2.13. The number of hydrogen-bond acceptors (Lipinski definition) is 3. The molecule has 2 aromatic heterocycles. The number of aliphatic carboxylic acids is 1. The van der Waals surface area contributed by atoms with Crippen LogP contribution in [0.3, 0.4) is 0 Å². The zero-order chi connectivity index (χ0) is 20.9. The summed E-state index contributed by atoms with van der Waals surface area (Å²) in [5.74, 6) is -2.91. The molecule has 0 saturated carbocycles. The summed E-state index contributed by atoms with van der Waals surface area (Å²) in [6, 6.07) is 11.2. The van der Waals surface area contributed by atoms with Gasteiger partial charge in [-0.15, -0.1) is 0 Å². The van der Waals surface area contributed by atoms with Crippen LogP contribution in [0, 0.1) is 13.8 Å². The molecule has 0 bridgehead atoms. The number of alkyl halides is 3. The van der Waals surface area contributed by atoms with Gasteiger partial charge in [-0.25, -0.2) is 9.78 Å². The summed E-state index contributed by atoms with van der Waals surface area (Å²) in [7, 11) is 0. The highest BCUT2D eigenvalue weighted by molar-refractivity contribution is 6.02. The number of carbonyl (C=O) groups is 2. The number of amides is 1. The summed E-state index contributed by atoms with van der Waals surface area (Å²) in [5.41, 5.74) is 4.44. The van der Waals surface area contributed by atoms with Crippen LogP contribution in [0.1, 0.15) is 21.9 Å². The lowest BCUT2D eigenvalue weighted by Crippen LogP contribution is -2.21. The Bertz CT molecular complexity index is 946. The molecule has 0 radical (unpaired) electrons.